The summed E-state index contributed by atoms with van der Waals surface area (Å²) in [7, 11) is 1.66. The number of para-hydroxylation sites is 2. The van der Waals surface area contributed by atoms with E-state index in [0.717, 1.165) is 10.0 Å². The minimum absolute atomic E-state index is 0.120. The molecule has 132 valence electrons. The third-order valence-corrected chi connectivity index (χ3v) is 4.48. The number of halogens is 1. The number of H-pyrrole nitrogens is 1. The van der Waals surface area contributed by atoms with Crippen molar-refractivity contribution in [1.29, 1.82) is 0 Å². The minimum atomic E-state index is -0.328. The molecule has 26 heavy (non-hydrogen) atoms. The molecular formula is C19H17BrN4O2. The van der Waals surface area contributed by atoms with Crippen LogP contribution < -0.4 is 10.2 Å². The lowest BCUT2D eigenvalue weighted by molar-refractivity contribution is -0.116. The number of nitrogens with zero attached hydrogens (tertiary/aromatic N) is 2. The van der Waals surface area contributed by atoms with Crippen LogP contribution in [0.25, 0.3) is 11.3 Å². The van der Waals surface area contributed by atoms with Gasteiger partial charge in [-0.3, -0.25) is 14.7 Å². The highest BCUT2D eigenvalue weighted by molar-refractivity contribution is 9.10. The van der Waals surface area contributed by atoms with Gasteiger partial charge in [0.25, 0.3) is 5.91 Å². The van der Waals surface area contributed by atoms with Gasteiger partial charge in [0.05, 0.1) is 17.1 Å². The molecule has 1 heterocycles. The molecule has 0 saturated heterocycles. The van der Waals surface area contributed by atoms with Crippen molar-refractivity contribution in [2.24, 2.45) is 0 Å². The van der Waals surface area contributed by atoms with Gasteiger partial charge in [-0.1, -0.05) is 40.2 Å². The standard InChI is InChI=1S/C19H17BrN4O2/c1-12(25)24(2)18-6-4-3-5-15(18)21-19(26)17-11-16(22-23-17)13-7-9-14(20)10-8-13/h3-11H,1-2H3,(H,21,26)(H,22,23). The van der Waals surface area contributed by atoms with E-state index in [9.17, 15) is 9.59 Å². The first kappa shape index (κ1) is 17.9. The number of hydrogen-bond acceptors (Lipinski definition) is 3. The van der Waals surface area contributed by atoms with E-state index in [1.54, 1.807) is 31.3 Å². The van der Waals surface area contributed by atoms with E-state index in [2.05, 4.69) is 31.4 Å². The second-order valence-electron chi connectivity index (χ2n) is 5.72. The zero-order chi connectivity index (χ0) is 18.7. The van der Waals surface area contributed by atoms with Crippen LogP contribution in [0.5, 0.6) is 0 Å². The number of carbonyl (C=O) groups excluding carboxylic acids is 2. The highest BCUT2D eigenvalue weighted by Gasteiger charge is 2.15. The van der Waals surface area contributed by atoms with E-state index in [1.165, 1.54) is 11.8 Å². The van der Waals surface area contributed by atoms with Crippen molar-refractivity contribution in [3.8, 4) is 11.3 Å². The largest absolute Gasteiger partial charge is 0.319 e. The average Bonchev–Trinajstić information content (AvgIpc) is 3.12. The average molecular weight is 413 g/mol. The van der Waals surface area contributed by atoms with Gasteiger partial charge in [0, 0.05) is 24.0 Å². The highest BCUT2D eigenvalue weighted by Crippen LogP contribution is 2.26. The number of anilines is 2. The van der Waals surface area contributed by atoms with Gasteiger partial charge in [0.1, 0.15) is 5.69 Å². The van der Waals surface area contributed by atoms with Crippen LogP contribution in [0.4, 0.5) is 11.4 Å². The Labute approximate surface area is 159 Å². The smallest absolute Gasteiger partial charge is 0.273 e. The minimum Gasteiger partial charge on any atom is -0.319 e. The molecular weight excluding hydrogens is 396 g/mol. The van der Waals surface area contributed by atoms with Crippen molar-refractivity contribution < 1.29 is 9.59 Å². The van der Waals surface area contributed by atoms with Crippen LogP contribution in [0.1, 0.15) is 17.4 Å². The zero-order valence-corrected chi connectivity index (χ0v) is 15.9. The van der Waals surface area contributed by atoms with E-state index in [4.69, 9.17) is 0 Å². The van der Waals surface area contributed by atoms with Crippen LogP contribution in [0.3, 0.4) is 0 Å². The maximum atomic E-state index is 12.6. The topological polar surface area (TPSA) is 78.1 Å². The molecule has 0 unspecified atom stereocenters. The normalized spacial score (nSPS) is 10.4. The summed E-state index contributed by atoms with van der Waals surface area (Å²) in [6, 6.07) is 16.5. The number of amides is 2. The summed E-state index contributed by atoms with van der Waals surface area (Å²) in [4.78, 5) is 25.7. The van der Waals surface area contributed by atoms with Gasteiger partial charge in [-0.15, -0.1) is 0 Å². The van der Waals surface area contributed by atoms with E-state index < -0.39 is 0 Å². The van der Waals surface area contributed by atoms with Crippen LogP contribution in [-0.2, 0) is 4.79 Å². The molecule has 0 aliphatic carbocycles. The summed E-state index contributed by atoms with van der Waals surface area (Å²) >= 11 is 3.39. The van der Waals surface area contributed by atoms with Crippen molar-refractivity contribution in [3.05, 3.63) is 64.8 Å². The Morgan fingerprint density at radius 3 is 2.50 bits per heavy atom. The van der Waals surface area contributed by atoms with Crippen molar-refractivity contribution in [3.63, 3.8) is 0 Å². The van der Waals surface area contributed by atoms with E-state index in [1.807, 2.05) is 30.3 Å². The monoisotopic (exact) mass is 412 g/mol. The Morgan fingerprint density at radius 2 is 1.81 bits per heavy atom. The summed E-state index contributed by atoms with van der Waals surface area (Å²) in [6.45, 7) is 1.47. The molecule has 0 radical (unpaired) electrons. The van der Waals surface area contributed by atoms with Crippen LogP contribution in [0.2, 0.25) is 0 Å². The molecule has 0 aliphatic heterocycles. The Balaban J connectivity index is 1.82. The molecule has 6 nitrogen and oxygen atoms in total. The van der Waals surface area contributed by atoms with Gasteiger partial charge < -0.3 is 10.2 Å². The molecule has 0 atom stereocenters. The van der Waals surface area contributed by atoms with Crippen molar-refractivity contribution in [1.82, 2.24) is 10.2 Å². The molecule has 0 saturated carbocycles. The van der Waals surface area contributed by atoms with Gasteiger partial charge in [0.2, 0.25) is 5.91 Å². The fourth-order valence-corrected chi connectivity index (χ4v) is 2.70. The third kappa shape index (κ3) is 3.83. The Morgan fingerprint density at radius 1 is 1.12 bits per heavy atom. The molecule has 3 aromatic rings. The predicted octanol–water partition coefficient (Wildman–Crippen LogP) is 4.07. The first-order valence-electron chi connectivity index (χ1n) is 7.91. The van der Waals surface area contributed by atoms with Gasteiger partial charge >= 0.3 is 0 Å². The molecule has 2 N–H and O–H groups in total. The number of aromatic nitrogens is 2. The van der Waals surface area contributed by atoms with Crippen LogP contribution in [0.15, 0.2) is 59.1 Å². The van der Waals surface area contributed by atoms with Crippen molar-refractivity contribution >= 4 is 39.1 Å². The number of hydrogen-bond donors (Lipinski definition) is 2. The molecule has 0 bridgehead atoms. The first-order chi connectivity index (χ1) is 12.5. The lowest BCUT2D eigenvalue weighted by atomic mass is 10.1. The summed E-state index contributed by atoms with van der Waals surface area (Å²) < 4.78 is 0.973. The predicted molar refractivity (Wildman–Crippen MR) is 105 cm³/mol. The molecule has 0 fully saturated rings. The lowest BCUT2D eigenvalue weighted by Crippen LogP contribution is -2.25. The maximum absolute atomic E-state index is 12.6. The van der Waals surface area contributed by atoms with Crippen LogP contribution >= 0.6 is 15.9 Å². The highest BCUT2D eigenvalue weighted by atomic mass is 79.9. The molecule has 2 amide bonds. The SMILES string of the molecule is CC(=O)N(C)c1ccccc1NC(=O)c1cc(-c2ccc(Br)cc2)n[nH]1. The Kier molecular flexibility index (Phi) is 5.18. The number of nitrogens with one attached hydrogen (secondary N) is 2. The summed E-state index contributed by atoms with van der Waals surface area (Å²) in [5, 5.41) is 9.78. The molecule has 2 aromatic carbocycles. The van der Waals surface area contributed by atoms with E-state index in [-0.39, 0.29) is 11.8 Å². The molecule has 7 heteroatoms. The van der Waals surface area contributed by atoms with Crippen molar-refractivity contribution in [2.75, 3.05) is 17.3 Å². The summed E-state index contributed by atoms with van der Waals surface area (Å²) in [5.41, 5.74) is 3.09. The van der Waals surface area contributed by atoms with Crippen LogP contribution in [0, 0.1) is 0 Å². The number of rotatable bonds is 4. The molecule has 0 spiro atoms. The summed E-state index contributed by atoms with van der Waals surface area (Å²) in [5.74, 6) is -0.448. The van der Waals surface area contributed by atoms with E-state index >= 15 is 0 Å². The van der Waals surface area contributed by atoms with E-state index in [0.29, 0.717) is 22.8 Å². The third-order valence-electron chi connectivity index (χ3n) is 3.95. The first-order valence-corrected chi connectivity index (χ1v) is 8.71. The Bertz CT molecular complexity index is 950. The van der Waals surface area contributed by atoms with Crippen LogP contribution in [-0.4, -0.2) is 29.1 Å². The zero-order valence-electron chi connectivity index (χ0n) is 14.3. The van der Waals surface area contributed by atoms with Gasteiger partial charge in [-0.25, -0.2) is 0 Å². The fourth-order valence-electron chi connectivity index (χ4n) is 2.44. The fraction of sp³-hybridized carbons (Fsp3) is 0.105. The molecule has 3 rings (SSSR count). The second-order valence-corrected chi connectivity index (χ2v) is 6.64. The summed E-state index contributed by atoms with van der Waals surface area (Å²) in [6.07, 6.45) is 0. The van der Waals surface area contributed by atoms with Gasteiger partial charge in [-0.05, 0) is 30.3 Å². The Hall–Kier alpha value is -2.93. The molecule has 1 aromatic heterocycles. The lowest BCUT2D eigenvalue weighted by Gasteiger charge is -2.19. The second kappa shape index (κ2) is 7.53. The van der Waals surface area contributed by atoms with Gasteiger partial charge in [0.15, 0.2) is 0 Å². The number of aromatic amines is 1. The quantitative estimate of drug-likeness (QED) is 0.677. The molecule has 0 aliphatic rings. The number of carbonyl (C=O) groups is 2. The van der Waals surface area contributed by atoms with Crippen molar-refractivity contribution in [2.45, 2.75) is 6.92 Å². The maximum Gasteiger partial charge on any atom is 0.273 e. The number of benzene rings is 2. The van der Waals surface area contributed by atoms with Gasteiger partial charge in [-0.2, -0.15) is 5.10 Å².